The summed E-state index contributed by atoms with van der Waals surface area (Å²) in [5, 5.41) is 0. The molecule has 16 heavy (non-hydrogen) atoms. The van der Waals surface area contributed by atoms with Crippen LogP contribution in [0.3, 0.4) is 0 Å². The number of nitrogens with one attached hydrogen (secondary N) is 2. The molecule has 2 aliphatic heterocycles. The molecule has 0 fully saturated rings. The van der Waals surface area contributed by atoms with Gasteiger partial charge in [0.1, 0.15) is 11.7 Å². The maximum atomic E-state index is 13.5. The van der Waals surface area contributed by atoms with Crippen molar-refractivity contribution in [3.05, 3.63) is 35.7 Å². The Morgan fingerprint density at radius 1 is 1.44 bits per heavy atom. The molecule has 1 atom stereocenters. The van der Waals surface area contributed by atoms with E-state index >= 15 is 0 Å². The van der Waals surface area contributed by atoms with Crippen LogP contribution < -0.4 is 10.9 Å². The van der Waals surface area contributed by atoms with Crippen LogP contribution in [0.25, 0.3) is 0 Å². The maximum absolute atomic E-state index is 13.5. The van der Waals surface area contributed by atoms with Gasteiger partial charge in [0, 0.05) is 6.20 Å². The van der Waals surface area contributed by atoms with Crippen LogP contribution >= 0.6 is 0 Å². The first-order valence-electron chi connectivity index (χ1n) is 4.66. The zero-order valence-electron chi connectivity index (χ0n) is 8.21. The SMILES string of the molecule is O=C1CC(C2C=C(F)C=NC=C2F)=CNN1. The summed E-state index contributed by atoms with van der Waals surface area (Å²) in [6.45, 7) is 0. The van der Waals surface area contributed by atoms with E-state index < -0.39 is 17.6 Å². The minimum absolute atomic E-state index is 0.0305. The van der Waals surface area contributed by atoms with Crippen molar-refractivity contribution in [2.75, 3.05) is 0 Å². The van der Waals surface area contributed by atoms with E-state index in [2.05, 4.69) is 15.8 Å². The summed E-state index contributed by atoms with van der Waals surface area (Å²) in [5.41, 5.74) is 5.29. The van der Waals surface area contributed by atoms with Gasteiger partial charge in [-0.3, -0.25) is 15.2 Å². The van der Waals surface area contributed by atoms with Crippen LogP contribution in [-0.4, -0.2) is 12.1 Å². The fourth-order valence-electron chi connectivity index (χ4n) is 1.52. The molecule has 0 spiro atoms. The normalized spacial score (nSPS) is 24.8. The van der Waals surface area contributed by atoms with Crippen molar-refractivity contribution in [3.8, 4) is 0 Å². The second-order valence-electron chi connectivity index (χ2n) is 3.41. The number of halogens is 2. The van der Waals surface area contributed by atoms with Crippen molar-refractivity contribution >= 4 is 12.1 Å². The van der Waals surface area contributed by atoms with Gasteiger partial charge < -0.3 is 5.43 Å². The topological polar surface area (TPSA) is 53.5 Å². The highest BCUT2D eigenvalue weighted by molar-refractivity contribution is 5.80. The van der Waals surface area contributed by atoms with E-state index in [0.29, 0.717) is 5.57 Å². The van der Waals surface area contributed by atoms with Crippen LogP contribution in [0.2, 0.25) is 0 Å². The fourth-order valence-corrected chi connectivity index (χ4v) is 1.52. The van der Waals surface area contributed by atoms with E-state index in [1.165, 1.54) is 6.20 Å². The first-order valence-corrected chi connectivity index (χ1v) is 4.66. The molecule has 6 heteroatoms. The number of nitrogens with zero attached hydrogens (tertiary/aromatic N) is 1. The largest absolute Gasteiger partial charge is 0.306 e. The molecule has 2 rings (SSSR count). The van der Waals surface area contributed by atoms with Crippen LogP contribution in [0.15, 0.2) is 40.7 Å². The number of carbonyl (C=O) groups is 1. The van der Waals surface area contributed by atoms with Gasteiger partial charge in [0.2, 0.25) is 5.91 Å². The van der Waals surface area contributed by atoms with Gasteiger partial charge in [-0.05, 0) is 11.6 Å². The summed E-state index contributed by atoms with van der Waals surface area (Å²) in [6.07, 6.45) is 4.45. The average molecular weight is 225 g/mol. The first kappa shape index (κ1) is 10.5. The Kier molecular flexibility index (Phi) is 2.80. The molecule has 0 radical (unpaired) electrons. The quantitative estimate of drug-likeness (QED) is 0.705. The number of allylic oxidation sites excluding steroid dienone is 3. The molecule has 0 aromatic carbocycles. The molecular weight excluding hydrogens is 216 g/mol. The zero-order chi connectivity index (χ0) is 11.5. The summed E-state index contributed by atoms with van der Waals surface area (Å²) in [7, 11) is 0. The van der Waals surface area contributed by atoms with Gasteiger partial charge in [-0.15, -0.1) is 0 Å². The van der Waals surface area contributed by atoms with Crippen molar-refractivity contribution in [1.29, 1.82) is 0 Å². The van der Waals surface area contributed by atoms with Crippen LogP contribution in [0.1, 0.15) is 6.42 Å². The summed E-state index contributed by atoms with van der Waals surface area (Å²) in [5.74, 6) is -2.38. The lowest BCUT2D eigenvalue weighted by molar-refractivity contribution is -0.121. The highest BCUT2D eigenvalue weighted by atomic mass is 19.1. The molecule has 1 unspecified atom stereocenters. The smallest absolute Gasteiger partial charge is 0.242 e. The molecule has 0 saturated carbocycles. The van der Waals surface area contributed by atoms with Crippen molar-refractivity contribution in [2.45, 2.75) is 6.42 Å². The maximum Gasteiger partial charge on any atom is 0.242 e. The molecular formula is C10H9F2N3O. The monoisotopic (exact) mass is 225 g/mol. The number of rotatable bonds is 1. The van der Waals surface area contributed by atoms with E-state index in [1.807, 2.05) is 0 Å². The second-order valence-corrected chi connectivity index (χ2v) is 3.41. The van der Waals surface area contributed by atoms with E-state index in [1.54, 1.807) is 0 Å². The Hall–Kier alpha value is -1.98. The molecule has 0 aromatic heterocycles. The van der Waals surface area contributed by atoms with Gasteiger partial charge in [0.05, 0.1) is 24.8 Å². The Labute approximate surface area is 90.4 Å². The minimum Gasteiger partial charge on any atom is -0.306 e. The van der Waals surface area contributed by atoms with Gasteiger partial charge >= 0.3 is 0 Å². The number of amides is 1. The lowest BCUT2D eigenvalue weighted by Crippen LogP contribution is -2.38. The lowest BCUT2D eigenvalue weighted by Gasteiger charge is -2.19. The average Bonchev–Trinajstić information content (AvgIpc) is 2.41. The number of aliphatic imine (C=N–C) groups is 1. The number of carbonyl (C=O) groups excluding carboxylic acids is 1. The van der Waals surface area contributed by atoms with Crippen molar-refractivity contribution in [1.82, 2.24) is 10.9 Å². The molecule has 1 amide bonds. The van der Waals surface area contributed by atoms with Crippen LogP contribution in [0.5, 0.6) is 0 Å². The third-order valence-electron chi connectivity index (χ3n) is 2.25. The third-order valence-corrected chi connectivity index (χ3v) is 2.25. The highest BCUT2D eigenvalue weighted by Crippen LogP contribution is 2.28. The molecule has 2 N–H and O–H groups in total. The highest BCUT2D eigenvalue weighted by Gasteiger charge is 2.23. The van der Waals surface area contributed by atoms with Gasteiger partial charge in [-0.25, -0.2) is 8.78 Å². The van der Waals surface area contributed by atoms with E-state index in [0.717, 1.165) is 18.5 Å². The van der Waals surface area contributed by atoms with E-state index in [9.17, 15) is 13.6 Å². The standard InChI is InChI=1S/C10H9F2N3O/c11-7-2-8(9(12)5-13-4-7)6-1-10(16)15-14-3-6/h2-5,8,14H,1H2,(H,15,16). The Morgan fingerprint density at radius 2 is 2.25 bits per heavy atom. The third kappa shape index (κ3) is 2.16. The number of hydrazine groups is 1. The molecule has 0 bridgehead atoms. The minimum atomic E-state index is -0.874. The Morgan fingerprint density at radius 3 is 3.00 bits per heavy atom. The molecule has 0 aromatic rings. The van der Waals surface area contributed by atoms with E-state index in [-0.39, 0.29) is 12.3 Å². The number of hydrogen-bond acceptors (Lipinski definition) is 3. The Bertz CT molecular complexity index is 437. The summed E-state index contributed by atoms with van der Waals surface area (Å²) < 4.78 is 26.6. The molecule has 84 valence electrons. The second kappa shape index (κ2) is 4.26. The molecule has 2 aliphatic rings. The van der Waals surface area contributed by atoms with Gasteiger partial charge in [-0.1, -0.05) is 0 Å². The van der Waals surface area contributed by atoms with Crippen molar-refractivity contribution in [2.24, 2.45) is 10.9 Å². The molecule has 0 aliphatic carbocycles. The van der Waals surface area contributed by atoms with Gasteiger partial charge in [0.25, 0.3) is 0 Å². The van der Waals surface area contributed by atoms with Crippen LogP contribution in [0.4, 0.5) is 8.78 Å². The lowest BCUT2D eigenvalue weighted by atomic mass is 9.94. The molecule has 0 saturated heterocycles. The zero-order valence-corrected chi connectivity index (χ0v) is 8.21. The summed E-state index contributed by atoms with van der Waals surface area (Å²) in [6, 6.07) is 0. The van der Waals surface area contributed by atoms with Crippen molar-refractivity contribution < 1.29 is 13.6 Å². The summed E-state index contributed by atoms with van der Waals surface area (Å²) >= 11 is 0. The fraction of sp³-hybridized carbons (Fsp3) is 0.200. The predicted molar refractivity (Wildman–Crippen MR) is 54.3 cm³/mol. The van der Waals surface area contributed by atoms with Crippen LogP contribution in [0, 0.1) is 5.92 Å². The first-order chi connectivity index (χ1) is 7.66. The molecule has 2 heterocycles. The van der Waals surface area contributed by atoms with Gasteiger partial charge in [-0.2, -0.15) is 0 Å². The van der Waals surface area contributed by atoms with Crippen LogP contribution in [-0.2, 0) is 4.79 Å². The molecule has 4 nitrogen and oxygen atoms in total. The van der Waals surface area contributed by atoms with Crippen molar-refractivity contribution in [3.63, 3.8) is 0 Å². The summed E-state index contributed by atoms with van der Waals surface area (Å²) in [4.78, 5) is 14.5. The Balaban J connectivity index is 2.29. The van der Waals surface area contributed by atoms with E-state index in [4.69, 9.17) is 0 Å². The number of hydrogen-bond donors (Lipinski definition) is 2. The predicted octanol–water partition coefficient (Wildman–Crippen LogP) is 1.26. The van der Waals surface area contributed by atoms with Gasteiger partial charge in [0.15, 0.2) is 0 Å².